The number of ether oxygens (including phenoxy) is 4. The van der Waals surface area contributed by atoms with Gasteiger partial charge in [0.15, 0.2) is 17.5 Å². The number of halogens is 5. The van der Waals surface area contributed by atoms with Crippen LogP contribution in [0.2, 0.25) is 0 Å². The first-order valence-electron chi connectivity index (χ1n) is 11.4. The van der Waals surface area contributed by atoms with Crippen LogP contribution in [0.4, 0.5) is 27.6 Å². The van der Waals surface area contributed by atoms with Crippen molar-refractivity contribution in [2.75, 3.05) is 32.2 Å². The number of imidazole rings is 1. The van der Waals surface area contributed by atoms with Gasteiger partial charge in [0.05, 0.1) is 44.1 Å². The Labute approximate surface area is 222 Å². The maximum atomic E-state index is 15.2. The summed E-state index contributed by atoms with van der Waals surface area (Å²) in [5, 5.41) is 13.5. The van der Waals surface area contributed by atoms with E-state index < -0.39 is 36.2 Å². The minimum atomic E-state index is -5.09. The molecule has 0 bridgehead atoms. The zero-order valence-corrected chi connectivity index (χ0v) is 20.7. The van der Waals surface area contributed by atoms with Crippen molar-refractivity contribution >= 4 is 11.3 Å². The number of hydrogen-bond acceptors (Lipinski definition) is 10. The second-order valence-electron chi connectivity index (χ2n) is 8.46. The van der Waals surface area contributed by atoms with Gasteiger partial charge in [-0.05, 0) is 18.2 Å². The summed E-state index contributed by atoms with van der Waals surface area (Å²) in [5.41, 5.74) is 0.753. The van der Waals surface area contributed by atoms with Crippen LogP contribution in [-0.4, -0.2) is 70.3 Å². The highest BCUT2D eigenvalue weighted by molar-refractivity contribution is 5.76. The molecule has 40 heavy (non-hydrogen) atoms. The summed E-state index contributed by atoms with van der Waals surface area (Å²) in [6.45, 7) is -1.15. The number of aromatic nitrogens is 5. The van der Waals surface area contributed by atoms with E-state index in [1.165, 1.54) is 48.3 Å². The molecular weight excluding hydrogens is 545 g/mol. The third-order valence-electron chi connectivity index (χ3n) is 5.90. The molecule has 0 N–H and O–H groups in total. The lowest BCUT2D eigenvalue weighted by Gasteiger charge is -2.20. The summed E-state index contributed by atoms with van der Waals surface area (Å²) in [5.74, 6) is -4.48. The predicted molar refractivity (Wildman–Crippen MR) is 127 cm³/mol. The van der Waals surface area contributed by atoms with Crippen molar-refractivity contribution in [3.63, 3.8) is 0 Å². The number of nitrogens with zero attached hydrogens (tertiary/aromatic N) is 7. The van der Waals surface area contributed by atoms with Gasteiger partial charge in [-0.25, -0.2) is 23.3 Å². The van der Waals surface area contributed by atoms with E-state index in [9.17, 15) is 13.2 Å². The van der Waals surface area contributed by atoms with E-state index in [-0.39, 0.29) is 41.2 Å². The Morgan fingerprint density at radius 2 is 1.93 bits per heavy atom. The van der Waals surface area contributed by atoms with Crippen molar-refractivity contribution in [3.05, 3.63) is 48.4 Å². The number of benzene rings is 1. The van der Waals surface area contributed by atoms with Crippen LogP contribution in [0.5, 0.6) is 23.4 Å². The molecule has 0 saturated carbocycles. The Balaban J connectivity index is 1.47. The zero-order valence-electron chi connectivity index (χ0n) is 20.7. The molecule has 4 aromatic rings. The van der Waals surface area contributed by atoms with Crippen LogP contribution in [0, 0.1) is 11.3 Å². The fourth-order valence-corrected chi connectivity index (χ4v) is 4.15. The molecule has 0 radical (unpaired) electrons. The molecule has 208 valence electrons. The molecule has 1 aliphatic rings. The average molecular weight is 563 g/mol. The SMILES string of the molecule is COc1ncc(-c2cc(N3C[C@H](Oc4ccc(C#N)c(OC(F)(F)F)c4)C(F)(F)C3)c3nccn3n2)c(OC)n1. The Morgan fingerprint density at radius 3 is 2.62 bits per heavy atom. The van der Waals surface area contributed by atoms with Gasteiger partial charge in [0.2, 0.25) is 5.88 Å². The monoisotopic (exact) mass is 563 g/mol. The zero-order chi connectivity index (χ0) is 28.7. The molecule has 3 aromatic heterocycles. The summed E-state index contributed by atoms with van der Waals surface area (Å²) in [6, 6.07) is 5.99. The molecule has 0 spiro atoms. The lowest BCUT2D eigenvalue weighted by atomic mass is 10.2. The predicted octanol–water partition coefficient (Wildman–Crippen LogP) is 3.88. The molecule has 1 fully saturated rings. The lowest BCUT2D eigenvalue weighted by molar-refractivity contribution is -0.274. The standard InChI is InChI=1S/C24H18F5N7O4/c1-37-21-15(10-32-22(33-21)38-2)16-8-17(20-31-5-6-36(20)34-16)35-11-19(23(25,26)12-35)39-14-4-3-13(9-30)18(7-14)40-24(27,28)29/h3-8,10,19H,11-12H2,1-2H3/t19-/m0/s1. The minimum absolute atomic E-state index is 0.0512. The number of hydrogen-bond donors (Lipinski definition) is 0. The third-order valence-corrected chi connectivity index (χ3v) is 5.90. The van der Waals surface area contributed by atoms with Crippen LogP contribution >= 0.6 is 0 Å². The number of rotatable bonds is 7. The van der Waals surface area contributed by atoms with E-state index in [4.69, 9.17) is 19.5 Å². The van der Waals surface area contributed by atoms with E-state index in [0.717, 1.165) is 18.2 Å². The van der Waals surface area contributed by atoms with Gasteiger partial charge in [-0.2, -0.15) is 15.3 Å². The van der Waals surface area contributed by atoms with Crippen molar-refractivity contribution in [1.82, 2.24) is 24.6 Å². The van der Waals surface area contributed by atoms with E-state index in [2.05, 4.69) is 24.8 Å². The molecule has 11 nitrogen and oxygen atoms in total. The van der Waals surface area contributed by atoms with Gasteiger partial charge in [0.25, 0.3) is 0 Å². The van der Waals surface area contributed by atoms with Crippen molar-refractivity contribution in [1.29, 1.82) is 5.26 Å². The highest BCUT2D eigenvalue weighted by Crippen LogP contribution is 2.39. The minimum Gasteiger partial charge on any atom is -0.482 e. The van der Waals surface area contributed by atoms with Crippen LogP contribution < -0.4 is 23.8 Å². The van der Waals surface area contributed by atoms with Crippen molar-refractivity contribution in [2.24, 2.45) is 0 Å². The number of fused-ring (bicyclic) bond motifs is 1. The van der Waals surface area contributed by atoms with Gasteiger partial charge in [-0.3, -0.25) is 0 Å². The molecule has 1 aromatic carbocycles. The Bertz CT molecular complexity index is 1610. The summed E-state index contributed by atoms with van der Waals surface area (Å²) in [4.78, 5) is 13.7. The molecule has 0 aliphatic carbocycles. The van der Waals surface area contributed by atoms with Crippen LogP contribution in [0.3, 0.4) is 0 Å². The van der Waals surface area contributed by atoms with Gasteiger partial charge in [0.1, 0.15) is 17.5 Å². The second-order valence-corrected chi connectivity index (χ2v) is 8.46. The van der Waals surface area contributed by atoms with Crippen molar-refractivity contribution in [2.45, 2.75) is 18.4 Å². The van der Waals surface area contributed by atoms with Gasteiger partial charge < -0.3 is 23.8 Å². The Kier molecular flexibility index (Phi) is 6.65. The van der Waals surface area contributed by atoms with Gasteiger partial charge >= 0.3 is 18.3 Å². The number of anilines is 1. The number of methoxy groups -OCH3 is 2. The average Bonchev–Trinajstić information content (AvgIpc) is 3.50. The smallest absolute Gasteiger partial charge is 0.482 e. The Morgan fingerprint density at radius 1 is 1.12 bits per heavy atom. The van der Waals surface area contributed by atoms with Crippen LogP contribution in [0.25, 0.3) is 16.9 Å². The third kappa shape index (κ3) is 5.17. The van der Waals surface area contributed by atoms with E-state index in [1.54, 1.807) is 6.07 Å². The molecule has 5 rings (SSSR count). The van der Waals surface area contributed by atoms with E-state index in [0.29, 0.717) is 5.56 Å². The fraction of sp³-hybridized carbons (Fsp3) is 0.292. The van der Waals surface area contributed by atoms with Gasteiger partial charge in [0, 0.05) is 24.7 Å². The molecular formula is C24H18F5N7O4. The summed E-state index contributed by atoms with van der Waals surface area (Å²) in [7, 11) is 2.77. The van der Waals surface area contributed by atoms with Crippen molar-refractivity contribution in [3.8, 4) is 40.7 Å². The number of alkyl halides is 5. The molecule has 0 unspecified atom stereocenters. The summed E-state index contributed by atoms with van der Waals surface area (Å²) >= 11 is 0. The van der Waals surface area contributed by atoms with Gasteiger partial charge in [-0.1, -0.05) is 0 Å². The first kappa shape index (κ1) is 26.7. The summed E-state index contributed by atoms with van der Waals surface area (Å²) < 4.78 is 89.6. The molecule has 1 aliphatic heterocycles. The topological polar surface area (TPSA) is 120 Å². The quantitative estimate of drug-likeness (QED) is 0.307. The highest BCUT2D eigenvalue weighted by atomic mass is 19.4. The molecule has 1 saturated heterocycles. The van der Waals surface area contributed by atoms with Gasteiger partial charge in [-0.15, -0.1) is 13.2 Å². The van der Waals surface area contributed by atoms with Crippen LogP contribution in [-0.2, 0) is 0 Å². The molecule has 4 heterocycles. The normalized spacial score (nSPS) is 16.6. The lowest BCUT2D eigenvalue weighted by Crippen LogP contribution is -2.36. The van der Waals surface area contributed by atoms with E-state index in [1.807, 2.05) is 0 Å². The first-order valence-corrected chi connectivity index (χ1v) is 11.4. The maximum Gasteiger partial charge on any atom is 0.573 e. The van der Waals surface area contributed by atoms with Crippen molar-refractivity contribution < 1.29 is 40.9 Å². The fourth-order valence-electron chi connectivity index (χ4n) is 4.15. The maximum absolute atomic E-state index is 15.2. The van der Waals surface area contributed by atoms with E-state index >= 15 is 8.78 Å². The summed E-state index contributed by atoms with van der Waals surface area (Å²) in [6.07, 6.45) is -2.47. The van der Waals surface area contributed by atoms with Crippen LogP contribution in [0.15, 0.2) is 42.9 Å². The van der Waals surface area contributed by atoms with Crippen LogP contribution in [0.1, 0.15) is 5.56 Å². The molecule has 16 heteroatoms. The Hall–Kier alpha value is -4.94. The second kappa shape index (κ2) is 9.98. The molecule has 0 amide bonds. The highest BCUT2D eigenvalue weighted by Gasteiger charge is 2.51. The first-order chi connectivity index (χ1) is 19.0. The largest absolute Gasteiger partial charge is 0.573 e. The molecule has 1 atom stereocenters. The number of nitriles is 1.